The fraction of sp³-hybridized carbons (Fsp3) is 0.500. The zero-order valence-corrected chi connectivity index (χ0v) is 17.5. The van der Waals surface area contributed by atoms with Crippen molar-refractivity contribution < 1.29 is 33.4 Å². The molecular weight excluding hydrogens is 394 g/mol. The molecule has 0 aromatic heterocycles. The van der Waals surface area contributed by atoms with Crippen LogP contribution in [0.3, 0.4) is 0 Å². The van der Waals surface area contributed by atoms with Gasteiger partial charge in [-0.25, -0.2) is 4.79 Å². The van der Waals surface area contributed by atoms with Gasteiger partial charge in [-0.1, -0.05) is 0 Å². The van der Waals surface area contributed by atoms with E-state index >= 15 is 0 Å². The summed E-state index contributed by atoms with van der Waals surface area (Å²) in [5, 5.41) is 5.02. The molecular formula is C20H27N3O7. The topological polar surface area (TPSA) is 123 Å². The fourth-order valence-electron chi connectivity index (χ4n) is 2.65. The van der Waals surface area contributed by atoms with Crippen molar-refractivity contribution in [1.82, 2.24) is 5.32 Å². The number of carbonyl (C=O) groups excluding carboxylic acids is 4. The first-order valence-corrected chi connectivity index (χ1v) is 9.44. The minimum absolute atomic E-state index is 0.0318. The molecule has 10 heteroatoms. The lowest BCUT2D eigenvalue weighted by Gasteiger charge is -2.27. The molecule has 1 unspecified atom stereocenters. The molecule has 1 aliphatic heterocycles. The van der Waals surface area contributed by atoms with E-state index in [4.69, 9.17) is 9.47 Å². The zero-order chi connectivity index (χ0) is 22.3. The number of ether oxygens (including phenoxy) is 3. The van der Waals surface area contributed by atoms with Crippen LogP contribution >= 0.6 is 0 Å². The summed E-state index contributed by atoms with van der Waals surface area (Å²) in [7, 11) is 1.19. The Labute approximate surface area is 174 Å². The summed E-state index contributed by atoms with van der Waals surface area (Å²) in [4.78, 5) is 49.8. The van der Waals surface area contributed by atoms with Crippen molar-refractivity contribution >= 4 is 35.3 Å². The molecule has 0 aliphatic carbocycles. The second-order valence-corrected chi connectivity index (χ2v) is 7.61. The molecule has 30 heavy (non-hydrogen) atoms. The highest BCUT2D eigenvalue weighted by Gasteiger charge is 2.27. The third kappa shape index (κ3) is 7.03. The van der Waals surface area contributed by atoms with Crippen molar-refractivity contribution in [1.29, 1.82) is 0 Å². The molecule has 2 N–H and O–H groups in total. The number of rotatable bonds is 6. The number of alkyl carbamates (subject to hydrolysis) is 1. The maximum Gasteiger partial charge on any atom is 0.408 e. The summed E-state index contributed by atoms with van der Waals surface area (Å²) < 4.78 is 14.9. The van der Waals surface area contributed by atoms with Crippen LogP contribution in [0.2, 0.25) is 0 Å². The number of amides is 3. The van der Waals surface area contributed by atoms with Crippen LogP contribution < -0.4 is 15.5 Å². The molecule has 1 aromatic rings. The Morgan fingerprint density at radius 1 is 1.20 bits per heavy atom. The lowest BCUT2D eigenvalue weighted by atomic mass is 10.1. The van der Waals surface area contributed by atoms with E-state index in [-0.39, 0.29) is 18.9 Å². The molecule has 0 bridgehead atoms. The second kappa shape index (κ2) is 10.1. The fourth-order valence-corrected chi connectivity index (χ4v) is 2.65. The summed E-state index contributed by atoms with van der Waals surface area (Å²) in [5.74, 6) is -1.41. The van der Waals surface area contributed by atoms with Gasteiger partial charge in [0, 0.05) is 17.9 Å². The van der Waals surface area contributed by atoms with Gasteiger partial charge in [0.15, 0.2) is 0 Å². The minimum atomic E-state index is -1.19. The van der Waals surface area contributed by atoms with Gasteiger partial charge in [0.25, 0.3) is 5.91 Å². The van der Waals surface area contributed by atoms with Gasteiger partial charge in [-0.05, 0) is 45.0 Å². The molecule has 2 rings (SSSR count). The normalized spacial score (nSPS) is 15.2. The van der Waals surface area contributed by atoms with Gasteiger partial charge in [0.1, 0.15) is 18.2 Å². The molecule has 10 nitrogen and oxygen atoms in total. The van der Waals surface area contributed by atoms with Gasteiger partial charge in [0.05, 0.1) is 20.1 Å². The predicted molar refractivity (Wildman–Crippen MR) is 108 cm³/mol. The second-order valence-electron chi connectivity index (χ2n) is 7.61. The van der Waals surface area contributed by atoms with Crippen molar-refractivity contribution in [3.63, 3.8) is 0 Å². The maximum absolute atomic E-state index is 12.6. The average molecular weight is 421 g/mol. The van der Waals surface area contributed by atoms with E-state index in [0.29, 0.717) is 24.5 Å². The Kier molecular flexibility index (Phi) is 7.76. The Balaban J connectivity index is 2.05. The number of hydrogen-bond donors (Lipinski definition) is 2. The molecule has 0 saturated carbocycles. The van der Waals surface area contributed by atoms with Crippen molar-refractivity contribution in [2.24, 2.45) is 0 Å². The lowest BCUT2D eigenvalue weighted by Crippen LogP contribution is -2.47. The third-order valence-corrected chi connectivity index (χ3v) is 4.04. The van der Waals surface area contributed by atoms with Crippen molar-refractivity contribution in [3.8, 4) is 0 Å². The average Bonchev–Trinajstić information content (AvgIpc) is 2.67. The molecule has 1 atom stereocenters. The standard InChI is InChI=1S/C20H27N3O7/c1-20(2,3)30-19(27)22-15(11-17(25)28-4)18(26)21-13-5-7-14(8-6-13)23-9-10-29-12-16(23)24/h5-8,15H,9-12H2,1-4H3,(H,21,26)(H,22,27). The monoisotopic (exact) mass is 421 g/mol. The summed E-state index contributed by atoms with van der Waals surface area (Å²) in [6, 6.07) is 5.44. The van der Waals surface area contributed by atoms with E-state index < -0.39 is 29.6 Å². The van der Waals surface area contributed by atoms with Crippen LogP contribution in [0.4, 0.5) is 16.2 Å². The number of morpholine rings is 1. The zero-order valence-electron chi connectivity index (χ0n) is 17.5. The van der Waals surface area contributed by atoms with E-state index in [0.717, 1.165) is 0 Å². The Bertz CT molecular complexity index is 787. The highest BCUT2D eigenvalue weighted by Crippen LogP contribution is 2.20. The van der Waals surface area contributed by atoms with Gasteiger partial charge < -0.3 is 29.7 Å². The molecule has 3 amide bonds. The summed E-state index contributed by atoms with van der Waals surface area (Å²) in [6.07, 6.45) is -1.19. The quantitative estimate of drug-likeness (QED) is 0.666. The smallest absolute Gasteiger partial charge is 0.408 e. The van der Waals surface area contributed by atoms with Gasteiger partial charge in [-0.15, -0.1) is 0 Å². The molecule has 1 fully saturated rings. The Morgan fingerprint density at radius 2 is 1.87 bits per heavy atom. The number of carbonyl (C=O) groups is 4. The minimum Gasteiger partial charge on any atom is -0.469 e. The van der Waals surface area contributed by atoms with E-state index in [1.807, 2.05) is 0 Å². The number of methoxy groups -OCH3 is 1. The molecule has 1 saturated heterocycles. The largest absolute Gasteiger partial charge is 0.469 e. The Hall–Kier alpha value is -3.14. The Morgan fingerprint density at radius 3 is 2.43 bits per heavy atom. The van der Waals surface area contributed by atoms with Crippen LogP contribution in [0.25, 0.3) is 0 Å². The highest BCUT2D eigenvalue weighted by molar-refractivity contribution is 5.99. The van der Waals surface area contributed by atoms with E-state index in [9.17, 15) is 19.2 Å². The molecule has 1 heterocycles. The van der Waals surface area contributed by atoms with Crippen molar-refractivity contribution in [3.05, 3.63) is 24.3 Å². The summed E-state index contributed by atoms with van der Waals surface area (Å²) in [6.45, 7) is 5.99. The van der Waals surface area contributed by atoms with Crippen molar-refractivity contribution in [2.45, 2.75) is 38.8 Å². The van der Waals surface area contributed by atoms with Crippen LogP contribution in [0, 0.1) is 0 Å². The van der Waals surface area contributed by atoms with Gasteiger partial charge in [-0.3, -0.25) is 14.4 Å². The first kappa shape index (κ1) is 23.1. The SMILES string of the molecule is COC(=O)CC(NC(=O)OC(C)(C)C)C(=O)Nc1ccc(N2CCOCC2=O)cc1. The summed E-state index contributed by atoms with van der Waals surface area (Å²) >= 11 is 0. The molecule has 1 aliphatic rings. The number of hydrogen-bond acceptors (Lipinski definition) is 7. The van der Waals surface area contributed by atoms with Crippen molar-refractivity contribution in [2.75, 3.05) is 37.1 Å². The predicted octanol–water partition coefficient (Wildman–Crippen LogP) is 1.44. The van der Waals surface area contributed by atoms with Crippen LogP contribution in [0.1, 0.15) is 27.2 Å². The molecule has 1 aromatic carbocycles. The van der Waals surface area contributed by atoms with Gasteiger partial charge >= 0.3 is 12.1 Å². The number of nitrogens with one attached hydrogen (secondary N) is 2. The van der Waals surface area contributed by atoms with E-state index in [1.54, 1.807) is 49.9 Å². The van der Waals surface area contributed by atoms with E-state index in [1.165, 1.54) is 7.11 Å². The van der Waals surface area contributed by atoms with Crippen LogP contribution in [0.15, 0.2) is 24.3 Å². The highest BCUT2D eigenvalue weighted by atomic mass is 16.6. The molecule has 0 spiro atoms. The van der Waals surface area contributed by atoms with Gasteiger partial charge in [-0.2, -0.15) is 0 Å². The third-order valence-electron chi connectivity index (χ3n) is 4.04. The summed E-state index contributed by atoms with van der Waals surface area (Å²) in [5.41, 5.74) is 0.355. The van der Waals surface area contributed by atoms with Crippen LogP contribution in [-0.2, 0) is 28.6 Å². The number of nitrogens with zero attached hydrogens (tertiary/aromatic N) is 1. The number of esters is 1. The first-order chi connectivity index (χ1) is 14.1. The molecule has 164 valence electrons. The number of anilines is 2. The molecule has 0 radical (unpaired) electrons. The first-order valence-electron chi connectivity index (χ1n) is 9.44. The van der Waals surface area contributed by atoms with Crippen LogP contribution in [-0.4, -0.2) is 62.4 Å². The lowest BCUT2D eigenvalue weighted by molar-refractivity contribution is -0.142. The van der Waals surface area contributed by atoms with Crippen LogP contribution in [0.5, 0.6) is 0 Å². The van der Waals surface area contributed by atoms with Gasteiger partial charge in [0.2, 0.25) is 5.91 Å². The maximum atomic E-state index is 12.6. The number of benzene rings is 1. The van der Waals surface area contributed by atoms with E-state index in [2.05, 4.69) is 15.4 Å².